The van der Waals surface area contributed by atoms with Crippen LogP contribution in [0.2, 0.25) is 0 Å². The van der Waals surface area contributed by atoms with Crippen molar-refractivity contribution in [2.24, 2.45) is 0 Å². The van der Waals surface area contributed by atoms with Gasteiger partial charge in [-0.05, 0) is 75.5 Å². The zero-order valence-electron chi connectivity index (χ0n) is 19.8. The molecule has 1 unspecified atom stereocenters. The van der Waals surface area contributed by atoms with Crippen LogP contribution in [-0.4, -0.2) is 40.6 Å². The molecular weight excluding hydrogens is 436 g/mol. The number of anilines is 1. The van der Waals surface area contributed by atoms with Crippen LogP contribution in [0.25, 0.3) is 10.2 Å². The van der Waals surface area contributed by atoms with Crippen molar-refractivity contribution in [3.05, 3.63) is 50.9 Å². The fourth-order valence-electron chi connectivity index (χ4n) is 4.46. The molecule has 7 nitrogen and oxygen atoms in total. The van der Waals surface area contributed by atoms with Crippen molar-refractivity contribution in [3.63, 3.8) is 0 Å². The summed E-state index contributed by atoms with van der Waals surface area (Å²) in [6.45, 7) is 8.18. The third-order valence-electron chi connectivity index (χ3n) is 6.48. The second-order valence-electron chi connectivity index (χ2n) is 8.45. The van der Waals surface area contributed by atoms with Crippen LogP contribution < -0.4 is 15.6 Å². The molecule has 1 N–H and O–H groups in total. The molecule has 0 spiro atoms. The number of fused-ring (bicyclic) bond motifs is 3. The fraction of sp³-hybridized carbons (Fsp3) is 0.480. The lowest BCUT2D eigenvalue weighted by atomic mass is 9.97. The number of aryl methyl sites for hydroxylation is 2. The number of nitrogens with zero attached hydrogens (tertiary/aromatic N) is 3. The lowest BCUT2D eigenvalue weighted by Gasteiger charge is -2.23. The fourth-order valence-corrected chi connectivity index (χ4v) is 5.73. The lowest BCUT2D eigenvalue weighted by molar-refractivity contribution is -0.119. The van der Waals surface area contributed by atoms with Crippen LogP contribution in [0.15, 0.2) is 29.1 Å². The van der Waals surface area contributed by atoms with E-state index >= 15 is 0 Å². The van der Waals surface area contributed by atoms with E-state index in [1.165, 1.54) is 4.88 Å². The van der Waals surface area contributed by atoms with Gasteiger partial charge in [0.2, 0.25) is 5.91 Å². The largest absolute Gasteiger partial charge is 0.497 e. The van der Waals surface area contributed by atoms with Crippen LogP contribution in [-0.2, 0) is 24.2 Å². The summed E-state index contributed by atoms with van der Waals surface area (Å²) in [6, 6.07) is 6.48. The highest BCUT2D eigenvalue weighted by atomic mass is 32.1. The highest BCUT2D eigenvalue weighted by Gasteiger charge is 2.27. The van der Waals surface area contributed by atoms with Crippen molar-refractivity contribution in [2.45, 2.75) is 59.0 Å². The number of carbonyl (C=O) groups is 1. The number of benzene rings is 1. The number of thiophene rings is 1. The van der Waals surface area contributed by atoms with Crippen molar-refractivity contribution in [3.8, 4) is 5.75 Å². The maximum absolute atomic E-state index is 13.8. The van der Waals surface area contributed by atoms with Gasteiger partial charge in [-0.15, -0.1) is 11.3 Å². The SMILES string of the molecule is CCN(CC)Cc1nc2sc3c(c2c(=O)n1C(C)C(=O)Nc1ccc(OC)cc1)CCCC3. The van der Waals surface area contributed by atoms with Gasteiger partial charge >= 0.3 is 0 Å². The molecule has 176 valence electrons. The lowest BCUT2D eigenvalue weighted by Crippen LogP contribution is -2.37. The Morgan fingerprint density at radius 2 is 1.91 bits per heavy atom. The molecule has 1 atom stereocenters. The average Bonchev–Trinajstić information content (AvgIpc) is 3.21. The Hall–Kier alpha value is -2.71. The molecule has 0 radical (unpaired) electrons. The Labute approximate surface area is 198 Å². The van der Waals surface area contributed by atoms with E-state index in [4.69, 9.17) is 9.72 Å². The number of hydrogen-bond donors (Lipinski definition) is 1. The summed E-state index contributed by atoms with van der Waals surface area (Å²) in [5, 5.41) is 3.65. The topological polar surface area (TPSA) is 76.5 Å². The molecule has 2 aromatic heterocycles. The zero-order valence-corrected chi connectivity index (χ0v) is 20.6. The van der Waals surface area contributed by atoms with E-state index in [-0.39, 0.29) is 11.5 Å². The van der Waals surface area contributed by atoms with Gasteiger partial charge in [-0.3, -0.25) is 19.1 Å². The van der Waals surface area contributed by atoms with Crippen LogP contribution in [0.5, 0.6) is 5.75 Å². The van der Waals surface area contributed by atoms with Crippen LogP contribution in [0, 0.1) is 0 Å². The summed E-state index contributed by atoms with van der Waals surface area (Å²) in [5.74, 6) is 1.12. The number of ether oxygens (including phenoxy) is 1. The predicted molar refractivity (Wildman–Crippen MR) is 133 cm³/mol. The molecule has 0 bridgehead atoms. The van der Waals surface area contributed by atoms with Gasteiger partial charge in [-0.2, -0.15) is 0 Å². The van der Waals surface area contributed by atoms with Crippen LogP contribution >= 0.6 is 11.3 Å². The van der Waals surface area contributed by atoms with Gasteiger partial charge in [0.15, 0.2) is 0 Å². The molecule has 0 aliphatic heterocycles. The average molecular weight is 469 g/mol. The van der Waals surface area contributed by atoms with Crippen LogP contribution in [0.3, 0.4) is 0 Å². The number of amides is 1. The molecule has 1 aliphatic rings. The highest BCUT2D eigenvalue weighted by molar-refractivity contribution is 7.18. The minimum atomic E-state index is -0.693. The second kappa shape index (κ2) is 10.1. The van der Waals surface area contributed by atoms with Gasteiger partial charge in [-0.25, -0.2) is 4.98 Å². The Kier molecular flexibility index (Phi) is 7.14. The predicted octanol–water partition coefficient (Wildman–Crippen LogP) is 4.39. The maximum Gasteiger partial charge on any atom is 0.263 e. The van der Waals surface area contributed by atoms with Crippen LogP contribution in [0.1, 0.15) is 55.9 Å². The number of rotatable bonds is 8. The van der Waals surface area contributed by atoms with Crippen molar-refractivity contribution >= 4 is 33.1 Å². The quantitative estimate of drug-likeness (QED) is 0.531. The van der Waals surface area contributed by atoms with Gasteiger partial charge in [0.25, 0.3) is 5.56 Å². The molecule has 1 amide bonds. The minimum absolute atomic E-state index is 0.0982. The maximum atomic E-state index is 13.8. The molecule has 0 saturated carbocycles. The van der Waals surface area contributed by atoms with Crippen LogP contribution in [0.4, 0.5) is 5.69 Å². The van der Waals surface area contributed by atoms with Crippen molar-refractivity contribution in [1.82, 2.24) is 14.5 Å². The standard InChI is InChI=1S/C25H32N4O3S/c1-5-28(6-2)15-21-27-24-22(19-9-7-8-10-20(19)33-24)25(31)29(21)16(3)23(30)26-17-11-13-18(32-4)14-12-17/h11-14,16H,5-10,15H2,1-4H3,(H,26,30). The van der Waals surface area contributed by atoms with Crippen molar-refractivity contribution in [2.75, 3.05) is 25.5 Å². The first-order valence-corrected chi connectivity index (χ1v) is 12.5. The number of hydrogen-bond acceptors (Lipinski definition) is 6. The Morgan fingerprint density at radius 1 is 1.21 bits per heavy atom. The molecule has 2 heterocycles. The molecule has 0 fully saturated rings. The number of nitrogens with one attached hydrogen (secondary N) is 1. The van der Waals surface area contributed by atoms with Crippen molar-refractivity contribution in [1.29, 1.82) is 0 Å². The number of carbonyl (C=O) groups excluding carboxylic acids is 1. The van der Waals surface area contributed by atoms with Gasteiger partial charge in [0, 0.05) is 10.6 Å². The normalized spacial score (nSPS) is 14.3. The first-order chi connectivity index (χ1) is 16.0. The summed E-state index contributed by atoms with van der Waals surface area (Å²) in [5.41, 5.74) is 1.71. The summed E-state index contributed by atoms with van der Waals surface area (Å²) in [4.78, 5) is 36.3. The molecule has 33 heavy (non-hydrogen) atoms. The number of aromatic nitrogens is 2. The van der Waals surface area contributed by atoms with Gasteiger partial charge in [-0.1, -0.05) is 13.8 Å². The summed E-state index contributed by atoms with van der Waals surface area (Å²) in [6.07, 6.45) is 4.16. The third-order valence-corrected chi connectivity index (χ3v) is 7.66. The van der Waals surface area contributed by atoms with E-state index in [1.54, 1.807) is 54.2 Å². The Balaban J connectivity index is 1.76. The highest BCUT2D eigenvalue weighted by Crippen LogP contribution is 2.34. The molecule has 1 aromatic carbocycles. The summed E-state index contributed by atoms with van der Waals surface area (Å²) >= 11 is 1.65. The van der Waals surface area contributed by atoms with Gasteiger partial charge in [0.05, 0.1) is 19.0 Å². The molecule has 4 rings (SSSR count). The number of methoxy groups -OCH3 is 1. The molecule has 3 aromatic rings. The third kappa shape index (κ3) is 4.68. The Morgan fingerprint density at radius 3 is 2.58 bits per heavy atom. The summed E-state index contributed by atoms with van der Waals surface area (Å²) in [7, 11) is 1.60. The smallest absolute Gasteiger partial charge is 0.263 e. The second-order valence-corrected chi connectivity index (χ2v) is 9.53. The molecular formula is C25H32N4O3S. The van der Waals surface area contributed by atoms with Gasteiger partial charge in [0.1, 0.15) is 22.4 Å². The summed E-state index contributed by atoms with van der Waals surface area (Å²) < 4.78 is 6.80. The Bertz CT molecular complexity index is 1200. The minimum Gasteiger partial charge on any atom is -0.497 e. The first kappa shape index (κ1) is 23.4. The van der Waals surface area contributed by atoms with E-state index in [1.807, 2.05) is 0 Å². The monoisotopic (exact) mass is 468 g/mol. The molecule has 0 saturated heterocycles. The zero-order chi connectivity index (χ0) is 23.5. The van der Waals surface area contributed by atoms with E-state index in [0.29, 0.717) is 23.4 Å². The first-order valence-electron chi connectivity index (χ1n) is 11.7. The molecule has 8 heteroatoms. The van der Waals surface area contributed by atoms with E-state index in [9.17, 15) is 9.59 Å². The molecule has 1 aliphatic carbocycles. The van der Waals surface area contributed by atoms with E-state index in [0.717, 1.165) is 54.9 Å². The van der Waals surface area contributed by atoms with Gasteiger partial charge < -0.3 is 10.1 Å². The van der Waals surface area contributed by atoms with E-state index in [2.05, 4.69) is 24.1 Å². The van der Waals surface area contributed by atoms with E-state index < -0.39 is 6.04 Å². The van der Waals surface area contributed by atoms with Crippen molar-refractivity contribution < 1.29 is 9.53 Å².